The Labute approximate surface area is 201 Å². The number of aliphatic hydroxyl groups excluding tert-OH is 2. The van der Waals surface area contributed by atoms with E-state index >= 15 is 0 Å². The van der Waals surface area contributed by atoms with Crippen LogP contribution >= 0.6 is 0 Å². The summed E-state index contributed by atoms with van der Waals surface area (Å²) in [4.78, 5) is 0. The second-order valence-electron chi connectivity index (χ2n) is 7.65. The third-order valence-electron chi connectivity index (χ3n) is 4.84. The number of hydrogen-bond donors (Lipinski definition) is 2. The fourth-order valence-corrected chi connectivity index (χ4v) is 3.77. The van der Waals surface area contributed by atoms with Crippen LogP contribution in [0, 0.1) is 0 Å². The van der Waals surface area contributed by atoms with Gasteiger partial charge in [-0.25, -0.2) is 8.37 Å². The van der Waals surface area contributed by atoms with Crippen LogP contribution in [-0.2, 0) is 18.8 Å². The molecule has 8 heteroatoms. The predicted octanol–water partition coefficient (Wildman–Crippen LogP) is 4.23. The van der Waals surface area contributed by atoms with Crippen molar-refractivity contribution in [1.82, 2.24) is 0 Å². The van der Waals surface area contributed by atoms with Gasteiger partial charge in [0.2, 0.25) is 0 Å². The van der Waals surface area contributed by atoms with Crippen molar-refractivity contribution < 1.29 is 27.0 Å². The van der Waals surface area contributed by atoms with E-state index in [-0.39, 0.29) is 36.2 Å². The van der Waals surface area contributed by atoms with Crippen LogP contribution in [0.15, 0.2) is 0 Å². The van der Waals surface area contributed by atoms with Crippen molar-refractivity contribution in [1.29, 1.82) is 0 Å². The van der Waals surface area contributed by atoms with Crippen LogP contribution in [0.1, 0.15) is 110 Å². The van der Waals surface area contributed by atoms with Gasteiger partial charge in [0, 0.05) is 0 Å². The second-order valence-corrected chi connectivity index (χ2v) is 8.94. The average Bonchev–Trinajstić information content (AvgIpc) is 2.68. The second kappa shape index (κ2) is 23.5. The van der Waals surface area contributed by atoms with Gasteiger partial charge in [-0.15, -0.1) is 0 Å². The van der Waals surface area contributed by atoms with Crippen LogP contribution < -0.4 is 0 Å². The molecule has 1 atom stereocenters. The summed E-state index contributed by atoms with van der Waals surface area (Å²) in [5.41, 5.74) is 0. The summed E-state index contributed by atoms with van der Waals surface area (Å²) in [5, 5.41) is 17.6. The maximum absolute atomic E-state index is 11.4. The molecule has 0 saturated heterocycles. The first-order valence-corrected chi connectivity index (χ1v) is 12.7. The first kappa shape index (κ1) is 32.0. The van der Waals surface area contributed by atoms with E-state index in [1.54, 1.807) is 0 Å². The van der Waals surface area contributed by atoms with Gasteiger partial charge in [0.05, 0.1) is 19.8 Å². The molecule has 0 aliphatic rings. The van der Waals surface area contributed by atoms with E-state index in [9.17, 15) is 8.42 Å². The van der Waals surface area contributed by atoms with Gasteiger partial charge in [0.1, 0.15) is 6.10 Å². The van der Waals surface area contributed by atoms with Crippen LogP contribution in [0.3, 0.4) is 0 Å². The zero-order valence-corrected chi connectivity index (χ0v) is 18.8. The van der Waals surface area contributed by atoms with Crippen LogP contribution in [0.5, 0.6) is 0 Å². The van der Waals surface area contributed by atoms with Crippen molar-refractivity contribution >= 4 is 40.0 Å². The molecule has 0 aromatic carbocycles. The minimum atomic E-state index is -4.08. The molecule has 0 bridgehead atoms. The molecule has 0 amide bonds. The Morgan fingerprint density at radius 2 is 1.07 bits per heavy atom. The summed E-state index contributed by atoms with van der Waals surface area (Å²) in [6, 6.07) is 0. The van der Waals surface area contributed by atoms with Crippen LogP contribution in [0.2, 0.25) is 0 Å². The first-order chi connectivity index (χ1) is 13.5. The number of unbranched alkanes of at least 4 members (excludes halogenated alkanes) is 15. The predicted molar refractivity (Wildman–Crippen MR) is 121 cm³/mol. The monoisotopic (exact) mass is 448 g/mol. The molecule has 2 N–H and O–H groups in total. The Balaban J connectivity index is 0. The Hall–Kier alpha value is 0.790. The molecule has 0 spiro atoms. The molecule has 0 saturated carbocycles. The molecule has 172 valence electrons. The summed E-state index contributed by atoms with van der Waals surface area (Å²) in [5.74, 6) is 0. The van der Waals surface area contributed by atoms with Gasteiger partial charge in [-0.05, 0) is 6.42 Å². The molecule has 0 aliphatic carbocycles. The van der Waals surface area contributed by atoms with Crippen molar-refractivity contribution in [3.63, 3.8) is 0 Å². The van der Waals surface area contributed by atoms with Gasteiger partial charge in [0.15, 0.2) is 0 Å². The van der Waals surface area contributed by atoms with E-state index in [2.05, 4.69) is 11.1 Å². The molecule has 6 nitrogen and oxygen atoms in total. The standard InChI is InChI=1S/C21H44O6S.Na.H/c1-2-3-4-5-6-7-8-9-10-11-12-13-14-15-16-17-18-26-28(24,25)27-20-21(23)19-22;;/h21-23H,2-20H2,1H3;;. The molecule has 29 heavy (non-hydrogen) atoms. The fourth-order valence-electron chi connectivity index (χ4n) is 3.06. The Morgan fingerprint density at radius 3 is 1.45 bits per heavy atom. The summed E-state index contributed by atoms with van der Waals surface area (Å²) >= 11 is 0. The quantitative estimate of drug-likeness (QED) is 0.190. The average molecular weight is 449 g/mol. The molecule has 0 aromatic heterocycles. The molecule has 0 rings (SSSR count). The fraction of sp³-hybridized carbons (Fsp3) is 1.00. The van der Waals surface area contributed by atoms with Crippen LogP contribution in [-0.4, -0.2) is 74.1 Å². The van der Waals surface area contributed by atoms with Crippen LogP contribution in [0.4, 0.5) is 0 Å². The van der Waals surface area contributed by atoms with Gasteiger partial charge in [-0.1, -0.05) is 103 Å². The zero-order valence-electron chi connectivity index (χ0n) is 17.9. The van der Waals surface area contributed by atoms with Gasteiger partial charge < -0.3 is 10.2 Å². The third-order valence-corrected chi connectivity index (χ3v) is 5.72. The van der Waals surface area contributed by atoms with E-state index in [0.717, 1.165) is 12.8 Å². The maximum atomic E-state index is 11.4. The van der Waals surface area contributed by atoms with Crippen molar-refractivity contribution in [2.45, 2.75) is 116 Å². The first-order valence-electron chi connectivity index (χ1n) is 11.3. The van der Waals surface area contributed by atoms with Crippen molar-refractivity contribution in [3.8, 4) is 0 Å². The van der Waals surface area contributed by atoms with Crippen molar-refractivity contribution in [3.05, 3.63) is 0 Å². The number of hydrogen-bond acceptors (Lipinski definition) is 6. The van der Waals surface area contributed by atoms with Gasteiger partial charge in [-0.3, -0.25) is 0 Å². The summed E-state index contributed by atoms with van der Waals surface area (Å²) < 4.78 is 31.9. The van der Waals surface area contributed by atoms with E-state index < -0.39 is 29.7 Å². The topological polar surface area (TPSA) is 93.1 Å². The molecule has 0 fully saturated rings. The molecule has 0 heterocycles. The molecular formula is C21H45NaO6S. The number of aliphatic hydroxyl groups is 2. The Morgan fingerprint density at radius 1 is 0.690 bits per heavy atom. The Bertz CT molecular complexity index is 419. The van der Waals surface area contributed by atoms with Gasteiger partial charge >= 0.3 is 40.0 Å². The van der Waals surface area contributed by atoms with E-state index in [1.807, 2.05) is 0 Å². The normalized spacial score (nSPS) is 12.7. The van der Waals surface area contributed by atoms with Crippen molar-refractivity contribution in [2.24, 2.45) is 0 Å². The van der Waals surface area contributed by atoms with Gasteiger partial charge in [0.25, 0.3) is 0 Å². The SMILES string of the molecule is CCCCCCCCCCCCCCCCCCOS(=O)(=O)OCC(O)CO.[NaH]. The molecular weight excluding hydrogens is 403 g/mol. The third kappa shape index (κ3) is 24.9. The van der Waals surface area contributed by atoms with Crippen LogP contribution in [0.25, 0.3) is 0 Å². The molecule has 0 radical (unpaired) electrons. The molecule has 0 aromatic rings. The number of rotatable bonds is 22. The summed E-state index contributed by atoms with van der Waals surface area (Å²) in [7, 11) is -4.08. The van der Waals surface area contributed by atoms with Crippen molar-refractivity contribution in [2.75, 3.05) is 19.8 Å². The summed E-state index contributed by atoms with van der Waals surface area (Å²) in [6.07, 6.45) is 19.0. The van der Waals surface area contributed by atoms with E-state index in [1.165, 1.54) is 83.5 Å². The molecule has 1 unspecified atom stereocenters. The van der Waals surface area contributed by atoms with E-state index in [4.69, 9.17) is 14.4 Å². The summed E-state index contributed by atoms with van der Waals surface area (Å²) in [6.45, 7) is 1.32. The van der Waals surface area contributed by atoms with Gasteiger partial charge in [-0.2, -0.15) is 8.42 Å². The zero-order chi connectivity index (χ0) is 20.9. The Kier molecular flexibility index (Phi) is 25.9. The van der Waals surface area contributed by atoms with E-state index in [0.29, 0.717) is 6.42 Å². The molecule has 0 aliphatic heterocycles. The minimum absolute atomic E-state index is 0.